The van der Waals surface area contributed by atoms with Crippen molar-refractivity contribution in [3.05, 3.63) is 65.6 Å². The fourth-order valence-electron chi connectivity index (χ4n) is 4.45. The molecule has 1 N–H and O–H groups in total. The van der Waals surface area contributed by atoms with Crippen LogP contribution in [0, 0.1) is 11.2 Å². The summed E-state index contributed by atoms with van der Waals surface area (Å²) in [6.07, 6.45) is 9.95. The van der Waals surface area contributed by atoms with E-state index in [9.17, 15) is 9.50 Å². The molecule has 1 fully saturated rings. The van der Waals surface area contributed by atoms with Crippen LogP contribution in [-0.2, 0) is 15.9 Å². The van der Waals surface area contributed by atoms with Gasteiger partial charge in [0, 0.05) is 18.3 Å². The first-order valence-electron chi connectivity index (χ1n) is 8.79. The molecule has 5 nitrogen and oxygen atoms in total. The van der Waals surface area contributed by atoms with Crippen molar-refractivity contribution in [1.82, 2.24) is 9.78 Å². The number of hydrogen-bond acceptors (Lipinski definition) is 4. The second-order valence-corrected chi connectivity index (χ2v) is 7.32. The third-order valence-electron chi connectivity index (χ3n) is 5.79. The molecule has 1 spiro atoms. The first-order valence-corrected chi connectivity index (χ1v) is 8.79. The Morgan fingerprint density at radius 2 is 1.96 bits per heavy atom. The average molecular weight is 354 g/mol. The molecule has 3 aliphatic rings. The van der Waals surface area contributed by atoms with E-state index in [0.29, 0.717) is 12.8 Å². The minimum atomic E-state index is -0.662. The van der Waals surface area contributed by atoms with E-state index in [1.165, 1.54) is 17.7 Å². The zero-order valence-electron chi connectivity index (χ0n) is 14.2. The average Bonchev–Trinajstić information content (AvgIpc) is 3.27. The SMILES string of the molecule is OC[C@]12Cc3cnn(-c4ccc(F)cc4)c3C=C1CCC1(C2)OC=CO1. The van der Waals surface area contributed by atoms with Crippen LogP contribution in [0.4, 0.5) is 4.39 Å². The predicted molar refractivity (Wildman–Crippen MR) is 92.6 cm³/mol. The molecule has 0 saturated heterocycles. The number of hydrogen-bond donors (Lipinski definition) is 1. The third-order valence-corrected chi connectivity index (χ3v) is 5.79. The van der Waals surface area contributed by atoms with Crippen molar-refractivity contribution < 1.29 is 19.0 Å². The van der Waals surface area contributed by atoms with E-state index in [1.54, 1.807) is 24.7 Å². The zero-order valence-corrected chi connectivity index (χ0v) is 14.2. The van der Waals surface area contributed by atoms with Crippen molar-refractivity contribution in [3.8, 4) is 5.69 Å². The van der Waals surface area contributed by atoms with Crippen molar-refractivity contribution in [2.24, 2.45) is 5.41 Å². The number of fused-ring (bicyclic) bond motifs is 2. The standard InChI is InChI=1S/C20H19FN2O3/c21-16-1-3-17(4-2-16)23-18-9-15-5-6-20(25-7-8-26-20)12-19(15,13-24)10-14(18)11-22-23/h1-4,7-9,11,24H,5-6,10,12-13H2/t19-/m1/s1. The highest BCUT2D eigenvalue weighted by molar-refractivity contribution is 5.61. The molecule has 1 atom stereocenters. The van der Waals surface area contributed by atoms with Crippen LogP contribution < -0.4 is 0 Å². The van der Waals surface area contributed by atoms with Gasteiger partial charge in [0.2, 0.25) is 0 Å². The maximum absolute atomic E-state index is 13.2. The molecule has 1 aliphatic heterocycles. The summed E-state index contributed by atoms with van der Waals surface area (Å²) in [5.41, 5.74) is 3.68. The molecule has 134 valence electrons. The quantitative estimate of drug-likeness (QED) is 0.899. The third kappa shape index (κ3) is 2.22. The van der Waals surface area contributed by atoms with Gasteiger partial charge in [-0.05, 0) is 48.7 Å². The van der Waals surface area contributed by atoms with Crippen LogP contribution in [-0.4, -0.2) is 27.3 Å². The Hall–Kier alpha value is -2.60. The minimum absolute atomic E-state index is 0.0362. The van der Waals surface area contributed by atoms with Gasteiger partial charge in [-0.25, -0.2) is 9.07 Å². The Kier molecular flexibility index (Phi) is 3.28. The number of aliphatic hydroxyl groups is 1. The molecule has 0 bridgehead atoms. The van der Waals surface area contributed by atoms with E-state index in [2.05, 4.69) is 11.2 Å². The van der Waals surface area contributed by atoms with Crippen LogP contribution in [0.25, 0.3) is 11.8 Å². The van der Waals surface area contributed by atoms with Crippen molar-refractivity contribution in [2.75, 3.05) is 6.61 Å². The van der Waals surface area contributed by atoms with Crippen LogP contribution in [0.15, 0.2) is 48.6 Å². The predicted octanol–water partition coefficient (Wildman–Crippen LogP) is 3.33. The van der Waals surface area contributed by atoms with Crippen molar-refractivity contribution in [2.45, 2.75) is 31.5 Å². The van der Waals surface area contributed by atoms with Gasteiger partial charge in [0.25, 0.3) is 5.79 Å². The van der Waals surface area contributed by atoms with Crippen molar-refractivity contribution >= 4 is 6.08 Å². The second kappa shape index (κ2) is 5.45. The Morgan fingerprint density at radius 1 is 1.19 bits per heavy atom. The highest BCUT2D eigenvalue weighted by atomic mass is 19.1. The van der Waals surface area contributed by atoms with E-state index < -0.39 is 11.2 Å². The van der Waals surface area contributed by atoms with Gasteiger partial charge < -0.3 is 14.6 Å². The van der Waals surface area contributed by atoms with Gasteiger partial charge in [-0.15, -0.1) is 0 Å². The van der Waals surface area contributed by atoms with E-state index in [-0.39, 0.29) is 12.4 Å². The molecule has 5 rings (SSSR count). The first-order chi connectivity index (χ1) is 12.6. The summed E-state index contributed by atoms with van der Waals surface area (Å²) in [7, 11) is 0. The van der Waals surface area contributed by atoms with Crippen LogP contribution in [0.3, 0.4) is 0 Å². The van der Waals surface area contributed by atoms with Crippen LogP contribution in [0.2, 0.25) is 0 Å². The Morgan fingerprint density at radius 3 is 2.69 bits per heavy atom. The Bertz CT molecular complexity index is 908. The topological polar surface area (TPSA) is 56.5 Å². The maximum atomic E-state index is 13.2. The van der Waals surface area contributed by atoms with E-state index >= 15 is 0 Å². The highest BCUT2D eigenvalue weighted by Gasteiger charge is 2.52. The number of benzene rings is 1. The molecular weight excluding hydrogens is 335 g/mol. The Labute approximate surface area is 150 Å². The van der Waals surface area contributed by atoms with E-state index in [1.807, 2.05) is 10.9 Å². The van der Waals surface area contributed by atoms with Gasteiger partial charge in [0.1, 0.15) is 18.3 Å². The van der Waals surface area contributed by atoms with Gasteiger partial charge in [0.15, 0.2) is 0 Å². The van der Waals surface area contributed by atoms with E-state index in [0.717, 1.165) is 29.8 Å². The normalized spacial score (nSPS) is 25.2. The van der Waals surface area contributed by atoms with Crippen LogP contribution in [0.1, 0.15) is 30.5 Å². The van der Waals surface area contributed by atoms with Crippen LogP contribution >= 0.6 is 0 Å². The van der Waals surface area contributed by atoms with Gasteiger partial charge in [-0.3, -0.25) is 0 Å². The zero-order chi connectivity index (χ0) is 17.8. The summed E-state index contributed by atoms with van der Waals surface area (Å²) in [6, 6.07) is 6.31. The number of aromatic nitrogens is 2. The molecule has 0 unspecified atom stereocenters. The van der Waals surface area contributed by atoms with E-state index in [4.69, 9.17) is 9.47 Å². The summed E-state index contributed by atoms with van der Waals surface area (Å²) >= 11 is 0. The molecule has 26 heavy (non-hydrogen) atoms. The molecule has 0 radical (unpaired) electrons. The molecule has 1 saturated carbocycles. The maximum Gasteiger partial charge on any atom is 0.251 e. The first kappa shape index (κ1) is 15.6. The van der Waals surface area contributed by atoms with Gasteiger partial charge in [-0.1, -0.05) is 5.57 Å². The summed E-state index contributed by atoms with van der Waals surface area (Å²) in [5.74, 6) is -0.931. The molecule has 0 amide bonds. The van der Waals surface area contributed by atoms with Gasteiger partial charge in [0.05, 0.1) is 24.2 Å². The molecule has 2 aliphatic carbocycles. The summed E-state index contributed by atoms with van der Waals surface area (Å²) in [4.78, 5) is 0. The lowest BCUT2D eigenvalue weighted by molar-refractivity contribution is -0.182. The van der Waals surface area contributed by atoms with Crippen molar-refractivity contribution in [3.63, 3.8) is 0 Å². The number of rotatable bonds is 2. The molecule has 2 heterocycles. The fraction of sp³-hybridized carbons (Fsp3) is 0.350. The number of halogens is 1. The molecule has 1 aromatic heterocycles. The van der Waals surface area contributed by atoms with Crippen molar-refractivity contribution in [1.29, 1.82) is 0 Å². The molecular formula is C20H19FN2O3. The van der Waals surface area contributed by atoms with Gasteiger partial charge >= 0.3 is 0 Å². The lowest BCUT2D eigenvalue weighted by Gasteiger charge is -2.47. The lowest BCUT2D eigenvalue weighted by Crippen LogP contribution is -2.47. The molecule has 1 aromatic carbocycles. The number of ether oxygens (including phenoxy) is 2. The summed E-state index contributed by atoms with van der Waals surface area (Å²) in [5, 5.41) is 14.8. The number of nitrogens with zero attached hydrogens (tertiary/aromatic N) is 2. The second-order valence-electron chi connectivity index (χ2n) is 7.32. The minimum Gasteiger partial charge on any atom is -0.457 e. The number of aliphatic hydroxyl groups excluding tert-OH is 1. The smallest absolute Gasteiger partial charge is 0.251 e. The largest absolute Gasteiger partial charge is 0.457 e. The monoisotopic (exact) mass is 354 g/mol. The molecule has 6 heteroatoms. The van der Waals surface area contributed by atoms with Gasteiger partial charge in [-0.2, -0.15) is 5.10 Å². The highest BCUT2D eigenvalue weighted by Crippen LogP contribution is 2.53. The van der Waals surface area contributed by atoms with Crippen LogP contribution in [0.5, 0.6) is 0 Å². The fourth-order valence-corrected chi connectivity index (χ4v) is 4.45. The summed E-state index contributed by atoms with van der Waals surface area (Å²) in [6.45, 7) is 0.0362. The summed E-state index contributed by atoms with van der Waals surface area (Å²) < 4.78 is 26.5. The molecule has 2 aromatic rings. The lowest BCUT2D eigenvalue weighted by atomic mass is 9.63. The Balaban J connectivity index is 1.54.